The van der Waals surface area contributed by atoms with E-state index in [4.69, 9.17) is 4.74 Å². The summed E-state index contributed by atoms with van der Waals surface area (Å²) in [6, 6.07) is 3.20. The molecule has 0 aromatic heterocycles. The zero-order valence-electron chi connectivity index (χ0n) is 13.8. The topological polar surface area (TPSA) is 75.7 Å². The van der Waals surface area contributed by atoms with Gasteiger partial charge in [-0.1, -0.05) is 13.8 Å². The number of sulfonamides is 1. The highest BCUT2D eigenvalue weighted by Crippen LogP contribution is 2.27. The van der Waals surface area contributed by atoms with E-state index in [1.807, 2.05) is 13.8 Å². The van der Waals surface area contributed by atoms with Crippen LogP contribution in [0, 0.1) is 5.82 Å². The van der Waals surface area contributed by atoms with Crippen LogP contribution in [0.1, 0.15) is 27.2 Å². The Labute approximate surface area is 136 Å². The van der Waals surface area contributed by atoms with Crippen molar-refractivity contribution < 1.29 is 22.3 Å². The molecule has 0 spiro atoms. The number of likely N-dealkylation sites (N-methyl/N-ethyl adjacent to an activating group) is 1. The minimum absolute atomic E-state index is 0.0344. The van der Waals surface area contributed by atoms with E-state index in [0.29, 0.717) is 0 Å². The fourth-order valence-corrected chi connectivity index (χ4v) is 3.51. The lowest BCUT2D eigenvalue weighted by Crippen LogP contribution is -2.43. The van der Waals surface area contributed by atoms with Crippen LogP contribution in [0.2, 0.25) is 0 Å². The maximum atomic E-state index is 13.4. The average Bonchev–Trinajstić information content (AvgIpc) is 2.52. The first-order chi connectivity index (χ1) is 10.8. The van der Waals surface area contributed by atoms with Crippen LogP contribution in [-0.4, -0.2) is 44.9 Å². The zero-order chi connectivity index (χ0) is 17.6. The van der Waals surface area contributed by atoms with Gasteiger partial charge in [0, 0.05) is 12.6 Å². The van der Waals surface area contributed by atoms with Crippen molar-refractivity contribution in [1.82, 2.24) is 9.62 Å². The van der Waals surface area contributed by atoms with Gasteiger partial charge in [-0.3, -0.25) is 4.79 Å². The molecule has 1 amide bonds. The number of carbonyl (C=O) groups is 1. The number of methoxy groups -OCH3 is 1. The van der Waals surface area contributed by atoms with Crippen molar-refractivity contribution in [2.75, 3.05) is 20.2 Å². The highest BCUT2D eigenvalue weighted by atomic mass is 32.2. The molecule has 23 heavy (non-hydrogen) atoms. The Morgan fingerprint density at radius 3 is 2.57 bits per heavy atom. The van der Waals surface area contributed by atoms with E-state index in [0.717, 1.165) is 22.9 Å². The van der Waals surface area contributed by atoms with Crippen LogP contribution in [0.15, 0.2) is 23.1 Å². The van der Waals surface area contributed by atoms with Crippen molar-refractivity contribution in [3.63, 3.8) is 0 Å². The van der Waals surface area contributed by atoms with Gasteiger partial charge >= 0.3 is 0 Å². The third-order valence-corrected chi connectivity index (χ3v) is 5.38. The SMILES string of the molecule is CCC(C)NC(=O)CN(CC)S(=O)(=O)c1cc(F)ccc1OC. The molecule has 1 aromatic rings. The Kier molecular flexibility index (Phi) is 6.96. The van der Waals surface area contributed by atoms with E-state index in [1.54, 1.807) is 6.92 Å². The number of nitrogens with one attached hydrogen (secondary N) is 1. The first-order valence-corrected chi connectivity index (χ1v) is 8.83. The smallest absolute Gasteiger partial charge is 0.247 e. The van der Waals surface area contributed by atoms with Gasteiger partial charge in [-0.05, 0) is 31.5 Å². The lowest BCUT2D eigenvalue weighted by molar-refractivity contribution is -0.121. The number of hydrogen-bond donors (Lipinski definition) is 1. The third-order valence-electron chi connectivity index (χ3n) is 3.44. The summed E-state index contributed by atoms with van der Waals surface area (Å²) >= 11 is 0. The molecule has 0 fully saturated rings. The van der Waals surface area contributed by atoms with Crippen molar-refractivity contribution in [1.29, 1.82) is 0 Å². The Morgan fingerprint density at radius 2 is 2.04 bits per heavy atom. The normalized spacial score (nSPS) is 13.0. The van der Waals surface area contributed by atoms with E-state index >= 15 is 0 Å². The molecule has 0 radical (unpaired) electrons. The highest BCUT2D eigenvalue weighted by Gasteiger charge is 2.29. The lowest BCUT2D eigenvalue weighted by Gasteiger charge is -2.22. The largest absolute Gasteiger partial charge is 0.495 e. The quantitative estimate of drug-likeness (QED) is 0.778. The standard InChI is InChI=1S/C15H23FN2O4S/c1-5-11(3)17-15(19)10-18(6-2)23(20,21)14-9-12(16)7-8-13(14)22-4/h7-9,11H,5-6,10H2,1-4H3,(H,17,19). The molecule has 1 rings (SSSR count). The van der Waals surface area contributed by atoms with Gasteiger partial charge in [-0.25, -0.2) is 12.8 Å². The van der Waals surface area contributed by atoms with Crippen molar-refractivity contribution in [3.05, 3.63) is 24.0 Å². The second-order valence-electron chi connectivity index (χ2n) is 5.10. The Morgan fingerprint density at radius 1 is 1.39 bits per heavy atom. The molecule has 0 aliphatic heterocycles. The number of halogens is 1. The summed E-state index contributed by atoms with van der Waals surface area (Å²) in [5.41, 5.74) is 0. The fourth-order valence-electron chi connectivity index (χ4n) is 1.94. The molecule has 6 nitrogen and oxygen atoms in total. The third kappa shape index (κ3) is 4.90. The van der Waals surface area contributed by atoms with Crippen LogP contribution in [0.5, 0.6) is 5.75 Å². The minimum atomic E-state index is -4.05. The first-order valence-electron chi connectivity index (χ1n) is 7.39. The highest BCUT2D eigenvalue weighted by molar-refractivity contribution is 7.89. The van der Waals surface area contributed by atoms with E-state index < -0.39 is 21.7 Å². The molecule has 130 valence electrons. The maximum absolute atomic E-state index is 13.4. The fraction of sp³-hybridized carbons (Fsp3) is 0.533. The van der Waals surface area contributed by atoms with Gasteiger partial charge in [0.05, 0.1) is 13.7 Å². The van der Waals surface area contributed by atoms with Gasteiger partial charge in [0.1, 0.15) is 16.5 Å². The van der Waals surface area contributed by atoms with E-state index in [1.165, 1.54) is 13.2 Å². The molecular weight excluding hydrogens is 323 g/mol. The summed E-state index contributed by atoms with van der Waals surface area (Å²) in [5, 5.41) is 2.71. The maximum Gasteiger partial charge on any atom is 0.247 e. The molecule has 0 aliphatic rings. The summed E-state index contributed by atoms with van der Waals surface area (Å²) in [5.74, 6) is -1.06. The van der Waals surface area contributed by atoms with Gasteiger partial charge in [-0.15, -0.1) is 0 Å². The average molecular weight is 346 g/mol. The number of carbonyl (C=O) groups excluding carboxylic acids is 1. The molecule has 1 aromatic carbocycles. The van der Waals surface area contributed by atoms with Crippen molar-refractivity contribution in [2.24, 2.45) is 0 Å². The van der Waals surface area contributed by atoms with Gasteiger partial charge in [0.2, 0.25) is 15.9 Å². The van der Waals surface area contributed by atoms with Gasteiger partial charge in [0.15, 0.2) is 0 Å². The van der Waals surface area contributed by atoms with Crippen LogP contribution >= 0.6 is 0 Å². The van der Waals surface area contributed by atoms with Gasteiger partial charge < -0.3 is 10.1 Å². The number of nitrogens with zero attached hydrogens (tertiary/aromatic N) is 1. The number of ether oxygens (including phenoxy) is 1. The van der Waals surface area contributed by atoms with Crippen LogP contribution in [0.25, 0.3) is 0 Å². The molecule has 0 heterocycles. The number of amides is 1. The van der Waals surface area contributed by atoms with Crippen LogP contribution in [0.3, 0.4) is 0 Å². The Hall–Kier alpha value is -1.67. The molecule has 0 saturated carbocycles. The van der Waals surface area contributed by atoms with Crippen LogP contribution in [-0.2, 0) is 14.8 Å². The summed E-state index contributed by atoms with van der Waals surface area (Å²) < 4.78 is 44.8. The van der Waals surface area contributed by atoms with Crippen molar-refractivity contribution in [3.8, 4) is 5.75 Å². The summed E-state index contributed by atoms with van der Waals surface area (Å²) in [7, 11) is -2.74. The molecule has 1 atom stereocenters. The van der Waals surface area contributed by atoms with Gasteiger partial charge in [-0.2, -0.15) is 4.31 Å². The summed E-state index contributed by atoms with van der Waals surface area (Å²) in [6.07, 6.45) is 0.738. The number of rotatable bonds is 8. The monoisotopic (exact) mass is 346 g/mol. The summed E-state index contributed by atoms with van der Waals surface area (Å²) in [6.45, 7) is 5.10. The predicted molar refractivity (Wildman–Crippen MR) is 85.3 cm³/mol. The van der Waals surface area contributed by atoms with Gasteiger partial charge in [0.25, 0.3) is 0 Å². The second kappa shape index (κ2) is 8.26. The molecule has 0 bridgehead atoms. The van der Waals surface area contributed by atoms with Crippen LogP contribution < -0.4 is 10.1 Å². The van der Waals surface area contributed by atoms with E-state index in [2.05, 4.69) is 5.32 Å². The van der Waals surface area contributed by atoms with Crippen molar-refractivity contribution >= 4 is 15.9 Å². The first kappa shape index (κ1) is 19.4. The molecule has 1 N–H and O–H groups in total. The Bertz CT molecular complexity index is 649. The second-order valence-corrected chi connectivity index (χ2v) is 7.01. The van der Waals surface area contributed by atoms with Crippen molar-refractivity contribution in [2.45, 2.75) is 38.1 Å². The molecule has 0 saturated heterocycles. The minimum Gasteiger partial charge on any atom is -0.495 e. The molecular formula is C15H23FN2O4S. The van der Waals surface area contributed by atoms with E-state index in [-0.39, 0.29) is 29.8 Å². The zero-order valence-corrected chi connectivity index (χ0v) is 14.6. The molecule has 8 heteroatoms. The molecule has 1 unspecified atom stereocenters. The molecule has 0 aliphatic carbocycles. The van der Waals surface area contributed by atoms with Crippen LogP contribution in [0.4, 0.5) is 4.39 Å². The summed E-state index contributed by atoms with van der Waals surface area (Å²) in [4.78, 5) is 11.7. The Balaban J connectivity index is 3.09. The van der Waals surface area contributed by atoms with E-state index in [9.17, 15) is 17.6 Å². The lowest BCUT2D eigenvalue weighted by atomic mass is 10.2. The number of hydrogen-bond acceptors (Lipinski definition) is 4. The predicted octanol–water partition coefficient (Wildman–Crippen LogP) is 1.76. The number of benzene rings is 1.